The molecule has 440 valence electrons. The second-order valence-corrected chi connectivity index (χ2v) is 30.8. The van der Waals surface area contributed by atoms with Crippen LogP contribution in [0, 0.1) is 46.5 Å². The van der Waals surface area contributed by atoms with E-state index in [9.17, 15) is 5.26 Å². The van der Waals surface area contributed by atoms with Gasteiger partial charge in [0.05, 0.1) is 11.4 Å². The Hall–Kier alpha value is -2.72. The Morgan fingerprint density at radius 3 is 1.19 bits per heavy atom. The number of aryl methyl sites for hydroxylation is 4. The SMILES string of the molecule is C1CCOC1.CCCCC(CC)CCc1c2cc(Br)sc2c(CCC(CC)CCCC)c2cc(Br)sc12.CCCCC(CC)CCc1c2cc(C#N)sc2c(CCC(CC)CCCC)c2cc(Br)sc12.N#Cn1nnc2ccccc21. The zero-order valence-electron chi connectivity index (χ0n) is 50.1. The number of nitrogens with zero attached hydrogens (tertiary/aromatic N) is 5. The summed E-state index contributed by atoms with van der Waals surface area (Å²) in [4.78, 5) is 0.861. The van der Waals surface area contributed by atoms with Crippen molar-refractivity contribution in [1.29, 1.82) is 10.5 Å². The molecule has 5 aromatic heterocycles. The zero-order valence-corrected chi connectivity index (χ0v) is 58.2. The number of fused-ring (bicyclic) bond motifs is 5. The highest BCUT2D eigenvalue weighted by Crippen LogP contribution is 2.47. The lowest BCUT2D eigenvalue weighted by molar-refractivity contribution is 0.198. The Morgan fingerprint density at radius 1 is 0.506 bits per heavy atom. The molecule has 13 heteroatoms. The second-order valence-electron chi connectivity index (χ2n) is 22.5. The molecule has 3 aromatic carbocycles. The number of benzene rings is 3. The van der Waals surface area contributed by atoms with Gasteiger partial charge >= 0.3 is 0 Å². The molecule has 9 rings (SSSR count). The van der Waals surface area contributed by atoms with Gasteiger partial charge in [-0.1, -0.05) is 175 Å². The van der Waals surface area contributed by atoms with Crippen molar-refractivity contribution in [2.45, 2.75) is 222 Å². The van der Waals surface area contributed by atoms with Crippen molar-refractivity contribution in [2.75, 3.05) is 13.2 Å². The van der Waals surface area contributed by atoms with Gasteiger partial charge in [-0.2, -0.15) is 10.5 Å². The molecule has 0 N–H and O–H groups in total. The monoisotopic (exact) mass is 1360 g/mol. The molecule has 0 bridgehead atoms. The van der Waals surface area contributed by atoms with Gasteiger partial charge in [0.25, 0.3) is 0 Å². The number of hydrogen-bond acceptors (Lipinski definition) is 9. The number of halogens is 3. The number of nitriles is 2. The van der Waals surface area contributed by atoms with E-state index in [1.54, 1.807) is 28.5 Å². The summed E-state index contributed by atoms with van der Waals surface area (Å²) in [5.74, 6) is 3.32. The van der Waals surface area contributed by atoms with Crippen LogP contribution in [0.5, 0.6) is 0 Å². The van der Waals surface area contributed by atoms with Crippen molar-refractivity contribution < 1.29 is 4.74 Å². The Kier molecular flexibility index (Phi) is 30.2. The van der Waals surface area contributed by atoms with E-state index in [2.05, 4.69) is 144 Å². The summed E-state index contributed by atoms with van der Waals surface area (Å²) in [5.41, 5.74) is 7.67. The van der Waals surface area contributed by atoms with Gasteiger partial charge in [0, 0.05) is 32.0 Å². The molecule has 4 atom stereocenters. The van der Waals surface area contributed by atoms with E-state index in [4.69, 9.17) is 10.00 Å². The fourth-order valence-electron chi connectivity index (χ4n) is 11.8. The van der Waals surface area contributed by atoms with Crippen LogP contribution in [0.2, 0.25) is 0 Å². The molecule has 81 heavy (non-hydrogen) atoms. The number of thiophene rings is 4. The van der Waals surface area contributed by atoms with Crippen molar-refractivity contribution >= 4 is 145 Å². The predicted octanol–water partition coefficient (Wildman–Crippen LogP) is 24.5. The highest BCUT2D eigenvalue weighted by Gasteiger charge is 2.23. The Labute approximate surface area is 528 Å². The van der Waals surface area contributed by atoms with Crippen LogP contribution < -0.4 is 0 Å². The molecular formula is C68H92Br3N5OS4. The Balaban J connectivity index is 0.000000204. The maximum atomic E-state index is 9.71. The van der Waals surface area contributed by atoms with E-state index >= 15 is 0 Å². The fourth-order valence-corrected chi connectivity index (χ4v) is 18.0. The van der Waals surface area contributed by atoms with Crippen LogP contribution >= 0.6 is 93.1 Å². The summed E-state index contributed by atoms with van der Waals surface area (Å²) in [6, 6.07) is 19.1. The van der Waals surface area contributed by atoms with Crippen LogP contribution in [0.1, 0.15) is 224 Å². The van der Waals surface area contributed by atoms with Gasteiger partial charge in [-0.3, -0.25) is 0 Å². The van der Waals surface area contributed by atoms with E-state index in [1.807, 2.05) is 58.4 Å². The van der Waals surface area contributed by atoms with Crippen molar-refractivity contribution in [3.05, 3.63) is 87.0 Å². The minimum absolute atomic E-state index is 0.744. The zero-order chi connectivity index (χ0) is 58.1. The van der Waals surface area contributed by atoms with E-state index in [0.29, 0.717) is 0 Å². The largest absolute Gasteiger partial charge is 0.381 e. The van der Waals surface area contributed by atoms with Crippen LogP contribution in [0.3, 0.4) is 0 Å². The van der Waals surface area contributed by atoms with Gasteiger partial charge in [0.2, 0.25) is 6.19 Å². The fraction of sp³-hybridized carbons (Fsp3) is 0.588. The summed E-state index contributed by atoms with van der Waals surface area (Å²) in [6.07, 6.45) is 35.4. The number of para-hydroxylation sites is 1. The van der Waals surface area contributed by atoms with Gasteiger partial charge in [0.1, 0.15) is 22.0 Å². The molecule has 0 amide bonds. The normalized spacial score (nSPS) is 13.8. The molecule has 0 spiro atoms. The number of rotatable bonds is 28. The molecule has 1 fully saturated rings. The van der Waals surface area contributed by atoms with Crippen molar-refractivity contribution in [2.24, 2.45) is 23.7 Å². The first-order chi connectivity index (χ1) is 39.5. The van der Waals surface area contributed by atoms with Gasteiger partial charge < -0.3 is 4.74 Å². The Morgan fingerprint density at radius 2 is 0.864 bits per heavy atom. The average Bonchev–Trinajstić information content (AvgIpc) is 3.57. The second kappa shape index (κ2) is 36.3. The Bertz CT molecular complexity index is 3010. The lowest BCUT2D eigenvalue weighted by atomic mass is 9.88. The van der Waals surface area contributed by atoms with Crippen LogP contribution in [0.25, 0.3) is 51.4 Å². The van der Waals surface area contributed by atoms with Gasteiger partial charge in [-0.15, -0.1) is 55.1 Å². The van der Waals surface area contributed by atoms with E-state index < -0.39 is 0 Å². The third-order valence-electron chi connectivity index (χ3n) is 17.0. The summed E-state index contributed by atoms with van der Waals surface area (Å²) in [6.45, 7) is 20.7. The first-order valence-electron chi connectivity index (χ1n) is 31.2. The molecule has 0 aliphatic carbocycles. The number of ether oxygens (including phenoxy) is 1. The topological polar surface area (TPSA) is 87.5 Å². The summed E-state index contributed by atoms with van der Waals surface area (Å²) in [7, 11) is 0. The molecule has 1 saturated heterocycles. The molecule has 6 heterocycles. The highest BCUT2D eigenvalue weighted by atomic mass is 79.9. The molecule has 6 nitrogen and oxygen atoms in total. The first kappa shape index (κ1) is 67.4. The van der Waals surface area contributed by atoms with Crippen LogP contribution in [0.4, 0.5) is 0 Å². The van der Waals surface area contributed by atoms with Crippen molar-refractivity contribution in [3.63, 3.8) is 0 Å². The maximum Gasteiger partial charge on any atom is 0.208 e. The lowest BCUT2D eigenvalue weighted by Crippen LogP contribution is -2.03. The quantitative estimate of drug-likeness (QED) is 0.0488. The molecule has 4 unspecified atom stereocenters. The minimum Gasteiger partial charge on any atom is -0.381 e. The molecule has 1 aliphatic heterocycles. The van der Waals surface area contributed by atoms with E-state index in [-0.39, 0.29) is 0 Å². The van der Waals surface area contributed by atoms with E-state index in [0.717, 1.165) is 65.6 Å². The summed E-state index contributed by atoms with van der Waals surface area (Å²) in [5, 5.41) is 31.5. The highest BCUT2D eigenvalue weighted by molar-refractivity contribution is 9.11. The van der Waals surface area contributed by atoms with Gasteiger partial charge in [-0.25, -0.2) is 0 Å². The number of unbranched alkanes of at least 4 members (excludes halogenated alkanes) is 4. The molecule has 8 aromatic rings. The minimum atomic E-state index is 0.744. The molecule has 1 aliphatic rings. The van der Waals surface area contributed by atoms with Crippen LogP contribution in [-0.2, 0) is 30.4 Å². The predicted molar refractivity (Wildman–Crippen MR) is 367 cm³/mol. The number of aromatic nitrogens is 3. The first-order valence-corrected chi connectivity index (χ1v) is 36.8. The lowest BCUT2D eigenvalue weighted by Gasteiger charge is -2.18. The van der Waals surface area contributed by atoms with Crippen molar-refractivity contribution in [3.8, 4) is 12.3 Å². The number of hydrogen-bond donors (Lipinski definition) is 0. The summed E-state index contributed by atoms with van der Waals surface area (Å²) < 4.78 is 15.8. The van der Waals surface area contributed by atoms with Crippen molar-refractivity contribution in [1.82, 2.24) is 15.0 Å². The van der Waals surface area contributed by atoms with E-state index in [1.165, 1.54) is 222 Å². The van der Waals surface area contributed by atoms with Crippen LogP contribution in [0.15, 0.2) is 59.9 Å². The third-order valence-corrected chi connectivity index (χ3v) is 23.2. The smallest absolute Gasteiger partial charge is 0.208 e. The third kappa shape index (κ3) is 19.4. The summed E-state index contributed by atoms with van der Waals surface area (Å²) >= 11 is 19.0. The standard InChI is InChI=1S/C29H40BrNS2.C28H40Br2S2.C7H4N4.C4H8O/c1-5-9-11-20(7-3)13-15-23-25-17-22(19-31)32-28(25)24(26-18-27(30)33-29(23)26)16-14-21(8-4)12-10-6-2;1-5-9-11-19(7-3)13-15-21-23-17-25(29)32-28(23)22(24-18-26(30)31-27(21)24)16-14-20(8-4)12-10-6-2;8-5-11-7-4-2-1-3-6(7)9-10-11;1-2-4-5-3-1/h17-18,20-21H,5-16H2,1-4H3;17-20H,5-16H2,1-4H3;1-4H;1-4H2. The molecule has 0 saturated carbocycles. The maximum absolute atomic E-state index is 9.71. The molecule has 0 radical (unpaired) electrons. The average molecular weight is 1360 g/mol. The van der Waals surface area contributed by atoms with Gasteiger partial charge in [-0.05, 0) is 216 Å². The van der Waals surface area contributed by atoms with Gasteiger partial charge in [0.15, 0.2) is 0 Å². The van der Waals surface area contributed by atoms with Crippen LogP contribution in [-0.4, -0.2) is 28.2 Å². The molecular weight excluding hydrogens is 1270 g/mol.